The van der Waals surface area contributed by atoms with Crippen molar-refractivity contribution in [2.45, 2.75) is 57.8 Å². The fourth-order valence-electron chi connectivity index (χ4n) is 5.13. The molecule has 1 atom stereocenters. The summed E-state index contributed by atoms with van der Waals surface area (Å²) in [7, 11) is 0. The summed E-state index contributed by atoms with van der Waals surface area (Å²) < 4.78 is 13.7. The Hall–Kier alpha value is -3.19. The lowest BCUT2D eigenvalue weighted by atomic mass is 10.00. The number of rotatable bonds is 6. The van der Waals surface area contributed by atoms with Gasteiger partial charge < -0.3 is 14.4 Å². The summed E-state index contributed by atoms with van der Waals surface area (Å²) >= 11 is 0. The predicted molar refractivity (Wildman–Crippen MR) is 123 cm³/mol. The number of aromatic nitrogens is 3. The molecule has 5 heterocycles. The Morgan fingerprint density at radius 3 is 2.88 bits per heavy atom. The van der Waals surface area contributed by atoms with E-state index in [1.807, 2.05) is 17.2 Å². The number of hydrogen-bond acceptors (Lipinski definition) is 5. The minimum atomic E-state index is -0.0183. The lowest BCUT2D eigenvalue weighted by Crippen LogP contribution is -2.24. The fourth-order valence-corrected chi connectivity index (χ4v) is 5.13. The van der Waals surface area contributed by atoms with Gasteiger partial charge in [0.15, 0.2) is 0 Å². The Balaban J connectivity index is 1.15. The predicted octanol–water partition coefficient (Wildman–Crippen LogP) is 4.00. The van der Waals surface area contributed by atoms with Gasteiger partial charge in [-0.3, -0.25) is 9.48 Å². The van der Waals surface area contributed by atoms with E-state index in [-0.39, 0.29) is 12.0 Å². The Bertz CT molecular complexity index is 1160. The summed E-state index contributed by atoms with van der Waals surface area (Å²) in [5.41, 5.74) is 6.42. The number of nitrogens with zero attached hydrogens (tertiary/aromatic N) is 4. The zero-order valence-corrected chi connectivity index (χ0v) is 18.7. The van der Waals surface area contributed by atoms with Gasteiger partial charge in [-0.1, -0.05) is 24.3 Å². The molecule has 6 rings (SSSR count). The Morgan fingerprint density at radius 1 is 1.12 bits per heavy atom. The first kappa shape index (κ1) is 20.4. The number of amides is 1. The van der Waals surface area contributed by atoms with Gasteiger partial charge in [-0.25, -0.2) is 4.98 Å². The van der Waals surface area contributed by atoms with Crippen molar-refractivity contribution in [1.29, 1.82) is 0 Å². The molecule has 0 spiro atoms. The van der Waals surface area contributed by atoms with Crippen LogP contribution in [0.15, 0.2) is 42.7 Å². The minimum Gasteiger partial charge on any atom is -0.474 e. The number of fused-ring (bicyclic) bond motifs is 2. The Morgan fingerprint density at radius 2 is 2.03 bits per heavy atom. The number of benzene rings is 1. The molecule has 0 radical (unpaired) electrons. The first-order valence-corrected chi connectivity index (χ1v) is 11.9. The fraction of sp³-hybridized carbons (Fsp3) is 0.423. The van der Waals surface area contributed by atoms with Crippen molar-refractivity contribution in [3.63, 3.8) is 0 Å². The molecule has 0 N–H and O–H groups in total. The Kier molecular flexibility index (Phi) is 5.34. The number of aryl methyl sites for hydroxylation is 1. The van der Waals surface area contributed by atoms with Crippen LogP contribution in [0.3, 0.4) is 0 Å². The van der Waals surface area contributed by atoms with Crippen LogP contribution in [-0.2, 0) is 30.8 Å². The molecule has 2 aromatic heterocycles. The SMILES string of the molecule is O=C1c2c(ccnc2OCC2CCCO2)CN1Cc1ccc(-c2cnn3c2CCCC3)cc1. The number of pyridine rings is 1. The highest BCUT2D eigenvalue weighted by molar-refractivity contribution is 6.00. The number of hydrogen-bond donors (Lipinski definition) is 0. The normalized spacial score (nSPS) is 19.6. The van der Waals surface area contributed by atoms with E-state index in [1.54, 1.807) is 6.20 Å². The van der Waals surface area contributed by atoms with E-state index in [0.717, 1.165) is 43.5 Å². The molecule has 1 fully saturated rings. The molecule has 3 aliphatic rings. The van der Waals surface area contributed by atoms with Gasteiger partial charge in [0.1, 0.15) is 12.2 Å². The monoisotopic (exact) mass is 444 g/mol. The Labute approximate surface area is 193 Å². The van der Waals surface area contributed by atoms with Crippen molar-refractivity contribution in [2.24, 2.45) is 0 Å². The van der Waals surface area contributed by atoms with Gasteiger partial charge in [-0.2, -0.15) is 5.10 Å². The average molecular weight is 445 g/mol. The molecular weight excluding hydrogens is 416 g/mol. The summed E-state index contributed by atoms with van der Waals surface area (Å²) in [6.07, 6.45) is 9.37. The van der Waals surface area contributed by atoms with Crippen LogP contribution in [0.1, 0.15) is 52.9 Å². The van der Waals surface area contributed by atoms with Crippen molar-refractivity contribution in [2.75, 3.05) is 13.2 Å². The van der Waals surface area contributed by atoms with E-state index in [1.165, 1.54) is 29.7 Å². The third-order valence-corrected chi connectivity index (χ3v) is 6.92. The van der Waals surface area contributed by atoms with Gasteiger partial charge >= 0.3 is 0 Å². The van der Waals surface area contributed by atoms with Crippen molar-refractivity contribution in [3.05, 3.63) is 65.1 Å². The number of ether oxygens (including phenoxy) is 2. The van der Waals surface area contributed by atoms with Gasteiger partial charge in [0, 0.05) is 43.7 Å². The van der Waals surface area contributed by atoms with Gasteiger partial charge in [0.25, 0.3) is 5.91 Å². The third kappa shape index (κ3) is 3.91. The topological polar surface area (TPSA) is 69.5 Å². The molecule has 1 amide bonds. The minimum absolute atomic E-state index is 0.0183. The molecule has 7 heteroatoms. The maximum atomic E-state index is 13.2. The van der Waals surface area contributed by atoms with Gasteiger partial charge in [0.05, 0.1) is 12.3 Å². The van der Waals surface area contributed by atoms with E-state index in [9.17, 15) is 4.79 Å². The van der Waals surface area contributed by atoms with Gasteiger partial charge in [0.2, 0.25) is 5.88 Å². The van der Waals surface area contributed by atoms with Crippen molar-refractivity contribution in [1.82, 2.24) is 19.7 Å². The molecule has 3 aliphatic heterocycles. The molecule has 0 aliphatic carbocycles. The van der Waals surface area contributed by atoms with E-state index in [0.29, 0.717) is 31.1 Å². The van der Waals surface area contributed by atoms with Crippen LogP contribution in [0.2, 0.25) is 0 Å². The molecule has 1 unspecified atom stereocenters. The number of carbonyl (C=O) groups is 1. The molecule has 170 valence electrons. The summed E-state index contributed by atoms with van der Waals surface area (Å²) in [6.45, 7) is 3.37. The first-order valence-electron chi connectivity index (χ1n) is 11.9. The molecule has 0 bridgehead atoms. The first-order chi connectivity index (χ1) is 16.3. The van der Waals surface area contributed by atoms with E-state index in [2.05, 4.69) is 39.0 Å². The van der Waals surface area contributed by atoms with Crippen LogP contribution in [-0.4, -0.2) is 44.9 Å². The van der Waals surface area contributed by atoms with Gasteiger partial charge in [-0.05, 0) is 54.9 Å². The largest absolute Gasteiger partial charge is 0.474 e. The van der Waals surface area contributed by atoms with Crippen LogP contribution in [0.4, 0.5) is 0 Å². The molecule has 33 heavy (non-hydrogen) atoms. The van der Waals surface area contributed by atoms with Crippen LogP contribution < -0.4 is 4.74 Å². The van der Waals surface area contributed by atoms with Crippen molar-refractivity contribution >= 4 is 5.91 Å². The highest BCUT2D eigenvalue weighted by Gasteiger charge is 2.32. The van der Waals surface area contributed by atoms with Crippen molar-refractivity contribution in [3.8, 4) is 17.0 Å². The quantitative estimate of drug-likeness (QED) is 0.575. The van der Waals surface area contributed by atoms with Crippen LogP contribution in [0.25, 0.3) is 11.1 Å². The van der Waals surface area contributed by atoms with E-state index >= 15 is 0 Å². The molecule has 0 saturated carbocycles. The standard InChI is InChI=1S/C26H28N4O3/c31-26-24-20(10-11-27-25(24)33-17-21-4-3-13-32-21)16-29(26)15-18-6-8-19(9-7-18)22-14-28-30-12-2-1-5-23(22)30/h6-11,14,21H,1-5,12-13,15-17H2. The van der Waals surface area contributed by atoms with Crippen LogP contribution in [0.5, 0.6) is 5.88 Å². The lowest BCUT2D eigenvalue weighted by molar-refractivity contribution is 0.0643. The molecule has 1 saturated heterocycles. The van der Waals surface area contributed by atoms with E-state index < -0.39 is 0 Å². The molecule has 1 aromatic carbocycles. The lowest BCUT2D eigenvalue weighted by Gasteiger charge is -2.17. The molecule has 3 aromatic rings. The van der Waals surface area contributed by atoms with Gasteiger partial charge in [-0.15, -0.1) is 0 Å². The molecule has 7 nitrogen and oxygen atoms in total. The summed E-state index contributed by atoms with van der Waals surface area (Å²) in [4.78, 5) is 19.4. The smallest absolute Gasteiger partial charge is 0.260 e. The second-order valence-electron chi connectivity index (χ2n) is 9.14. The molecular formula is C26H28N4O3. The summed E-state index contributed by atoms with van der Waals surface area (Å²) in [5, 5.41) is 4.56. The number of carbonyl (C=O) groups excluding carboxylic acids is 1. The summed E-state index contributed by atoms with van der Waals surface area (Å²) in [6, 6.07) is 10.4. The maximum absolute atomic E-state index is 13.2. The van der Waals surface area contributed by atoms with Crippen LogP contribution in [0, 0.1) is 0 Å². The second-order valence-corrected chi connectivity index (χ2v) is 9.14. The van der Waals surface area contributed by atoms with Crippen LogP contribution >= 0.6 is 0 Å². The highest BCUT2D eigenvalue weighted by Crippen LogP contribution is 2.32. The zero-order chi connectivity index (χ0) is 22.2. The van der Waals surface area contributed by atoms with Crippen molar-refractivity contribution < 1.29 is 14.3 Å². The summed E-state index contributed by atoms with van der Waals surface area (Å²) in [5.74, 6) is 0.409. The highest BCUT2D eigenvalue weighted by atomic mass is 16.5. The third-order valence-electron chi connectivity index (χ3n) is 6.92. The second kappa shape index (κ2) is 8.63. The van der Waals surface area contributed by atoms with E-state index in [4.69, 9.17) is 9.47 Å². The average Bonchev–Trinajstić information content (AvgIpc) is 3.58. The zero-order valence-electron chi connectivity index (χ0n) is 18.7. The maximum Gasteiger partial charge on any atom is 0.260 e.